The summed E-state index contributed by atoms with van der Waals surface area (Å²) in [4.78, 5) is 2.11. The summed E-state index contributed by atoms with van der Waals surface area (Å²) >= 11 is 5.22. The van der Waals surface area contributed by atoms with Gasteiger partial charge >= 0.3 is 0 Å². The van der Waals surface area contributed by atoms with Gasteiger partial charge in [0.25, 0.3) is 0 Å². The van der Waals surface area contributed by atoms with Crippen LogP contribution in [0.25, 0.3) is 0 Å². The maximum absolute atomic E-state index is 5.64. The molecule has 0 fully saturated rings. The second-order valence-corrected chi connectivity index (χ2v) is 3.82. The summed E-state index contributed by atoms with van der Waals surface area (Å²) in [6.45, 7) is 2.32. The van der Waals surface area contributed by atoms with Crippen LogP contribution in [0.5, 0.6) is 5.75 Å². The van der Waals surface area contributed by atoms with E-state index in [0.717, 1.165) is 24.0 Å². The van der Waals surface area contributed by atoms with Gasteiger partial charge in [0, 0.05) is 19.2 Å². The summed E-state index contributed by atoms with van der Waals surface area (Å²) in [5.41, 5.74) is 1.19. The van der Waals surface area contributed by atoms with Crippen molar-refractivity contribution in [2.24, 2.45) is 0 Å². The number of thiocarbonyl (C=S) groups is 1. The predicted molar refractivity (Wildman–Crippen MR) is 64.0 cm³/mol. The highest BCUT2D eigenvalue weighted by Crippen LogP contribution is 2.22. The molecule has 0 amide bonds. The molecule has 15 heavy (non-hydrogen) atoms. The summed E-state index contributed by atoms with van der Waals surface area (Å²) in [7, 11) is 1.85. The summed E-state index contributed by atoms with van der Waals surface area (Å²) in [6, 6.07) is 8.09. The third-order valence-electron chi connectivity index (χ3n) is 2.45. The van der Waals surface area contributed by atoms with Crippen LogP contribution in [0.15, 0.2) is 24.3 Å². The highest BCUT2D eigenvalue weighted by molar-refractivity contribution is 7.80. The van der Waals surface area contributed by atoms with Crippen molar-refractivity contribution in [1.82, 2.24) is 10.2 Å². The van der Waals surface area contributed by atoms with Gasteiger partial charge in [0.15, 0.2) is 5.11 Å². The molecule has 0 bridgehead atoms. The topological polar surface area (TPSA) is 24.5 Å². The van der Waals surface area contributed by atoms with E-state index < -0.39 is 0 Å². The molecule has 4 heteroatoms. The lowest BCUT2D eigenvalue weighted by Crippen LogP contribution is -2.38. The lowest BCUT2D eigenvalue weighted by atomic mass is 10.2. The molecule has 3 nitrogen and oxygen atoms in total. The molecule has 0 radical (unpaired) electrons. The molecule has 0 saturated carbocycles. The van der Waals surface area contributed by atoms with E-state index in [2.05, 4.69) is 16.3 Å². The van der Waals surface area contributed by atoms with Gasteiger partial charge in [-0.05, 0) is 18.3 Å². The van der Waals surface area contributed by atoms with Gasteiger partial charge in [0.05, 0.1) is 6.54 Å². The molecule has 1 aromatic carbocycles. The van der Waals surface area contributed by atoms with Crippen molar-refractivity contribution in [3.63, 3.8) is 0 Å². The first-order chi connectivity index (χ1) is 7.31. The van der Waals surface area contributed by atoms with Crippen molar-refractivity contribution in [3.8, 4) is 5.75 Å². The average molecular weight is 222 g/mol. The van der Waals surface area contributed by atoms with E-state index in [1.54, 1.807) is 0 Å². The first-order valence-corrected chi connectivity index (χ1v) is 5.39. The zero-order valence-electron chi connectivity index (χ0n) is 8.69. The Kier molecular flexibility index (Phi) is 3.06. The number of para-hydroxylation sites is 1. The zero-order chi connectivity index (χ0) is 10.7. The zero-order valence-corrected chi connectivity index (χ0v) is 9.51. The molecule has 0 atom stereocenters. The van der Waals surface area contributed by atoms with E-state index in [9.17, 15) is 0 Å². The molecule has 2 rings (SSSR count). The minimum atomic E-state index is 0.679. The van der Waals surface area contributed by atoms with Gasteiger partial charge in [0.2, 0.25) is 0 Å². The van der Waals surface area contributed by atoms with Crippen LogP contribution < -0.4 is 10.1 Å². The van der Waals surface area contributed by atoms with E-state index in [1.165, 1.54) is 5.56 Å². The van der Waals surface area contributed by atoms with Gasteiger partial charge in [-0.2, -0.15) is 0 Å². The Balaban J connectivity index is 2.21. The summed E-state index contributed by atoms with van der Waals surface area (Å²) in [5.74, 6) is 0.971. The van der Waals surface area contributed by atoms with Crippen molar-refractivity contribution < 1.29 is 4.74 Å². The monoisotopic (exact) mass is 222 g/mol. The van der Waals surface area contributed by atoms with Crippen molar-refractivity contribution >= 4 is 17.3 Å². The van der Waals surface area contributed by atoms with Gasteiger partial charge in [0.1, 0.15) is 12.4 Å². The number of ether oxygens (including phenoxy) is 1. The molecule has 1 N–H and O–H groups in total. The minimum absolute atomic E-state index is 0.679. The van der Waals surface area contributed by atoms with Gasteiger partial charge in [-0.15, -0.1) is 0 Å². The van der Waals surface area contributed by atoms with Crippen LogP contribution in [-0.2, 0) is 6.54 Å². The highest BCUT2D eigenvalue weighted by atomic mass is 32.1. The SMILES string of the molecule is CNC(=S)N1CCOc2ccccc2C1. The summed E-state index contributed by atoms with van der Waals surface area (Å²) in [5, 5.41) is 3.77. The molecule has 0 saturated heterocycles. The Hall–Kier alpha value is -1.29. The molecule has 0 spiro atoms. The van der Waals surface area contributed by atoms with Crippen molar-refractivity contribution in [1.29, 1.82) is 0 Å². The molecule has 1 aliphatic heterocycles. The smallest absolute Gasteiger partial charge is 0.169 e. The Morgan fingerprint density at radius 2 is 2.27 bits per heavy atom. The fourth-order valence-electron chi connectivity index (χ4n) is 1.66. The average Bonchev–Trinajstić information content (AvgIpc) is 2.49. The van der Waals surface area contributed by atoms with E-state index in [1.807, 2.05) is 25.2 Å². The van der Waals surface area contributed by atoms with Gasteiger partial charge in [-0.25, -0.2) is 0 Å². The standard InChI is InChI=1S/C11H14N2OS/c1-12-11(15)13-6-7-14-10-5-3-2-4-9(10)8-13/h2-5H,6-8H2,1H3,(H,12,15). The van der Waals surface area contributed by atoms with Crippen LogP contribution in [-0.4, -0.2) is 30.2 Å². The van der Waals surface area contributed by atoms with E-state index >= 15 is 0 Å². The Morgan fingerprint density at radius 1 is 1.47 bits per heavy atom. The maximum atomic E-state index is 5.64. The molecular formula is C11H14N2OS. The maximum Gasteiger partial charge on any atom is 0.169 e. The molecule has 0 unspecified atom stereocenters. The molecule has 80 valence electrons. The van der Waals surface area contributed by atoms with Crippen molar-refractivity contribution in [2.45, 2.75) is 6.54 Å². The third kappa shape index (κ3) is 2.21. The summed E-state index contributed by atoms with van der Waals surface area (Å²) in [6.07, 6.45) is 0. The number of rotatable bonds is 0. The molecule has 1 heterocycles. The van der Waals surface area contributed by atoms with Gasteiger partial charge in [-0.3, -0.25) is 0 Å². The van der Waals surface area contributed by atoms with Gasteiger partial charge < -0.3 is 15.0 Å². The molecule has 1 aliphatic rings. The van der Waals surface area contributed by atoms with Crippen LogP contribution in [0.3, 0.4) is 0 Å². The van der Waals surface area contributed by atoms with E-state index in [4.69, 9.17) is 17.0 Å². The second-order valence-electron chi connectivity index (χ2n) is 3.43. The van der Waals surface area contributed by atoms with Crippen LogP contribution in [0.4, 0.5) is 0 Å². The Labute approximate surface area is 95.0 Å². The molecule has 0 aliphatic carbocycles. The first kappa shape index (κ1) is 10.2. The lowest BCUT2D eigenvalue weighted by Gasteiger charge is -2.21. The van der Waals surface area contributed by atoms with E-state index in [-0.39, 0.29) is 0 Å². The highest BCUT2D eigenvalue weighted by Gasteiger charge is 2.15. The van der Waals surface area contributed by atoms with Crippen LogP contribution in [0.1, 0.15) is 5.56 Å². The fraction of sp³-hybridized carbons (Fsp3) is 0.364. The van der Waals surface area contributed by atoms with Crippen LogP contribution in [0.2, 0.25) is 0 Å². The van der Waals surface area contributed by atoms with Crippen LogP contribution in [0, 0.1) is 0 Å². The number of nitrogens with zero attached hydrogens (tertiary/aromatic N) is 1. The number of nitrogens with one attached hydrogen (secondary N) is 1. The first-order valence-electron chi connectivity index (χ1n) is 4.98. The van der Waals surface area contributed by atoms with E-state index in [0.29, 0.717) is 6.61 Å². The second kappa shape index (κ2) is 4.49. The Bertz CT molecular complexity index is 367. The molecular weight excluding hydrogens is 208 g/mol. The van der Waals surface area contributed by atoms with Crippen LogP contribution >= 0.6 is 12.2 Å². The third-order valence-corrected chi connectivity index (χ3v) is 2.92. The van der Waals surface area contributed by atoms with Gasteiger partial charge in [-0.1, -0.05) is 18.2 Å². The fourth-order valence-corrected chi connectivity index (χ4v) is 1.81. The Morgan fingerprint density at radius 3 is 3.07 bits per heavy atom. The number of benzene rings is 1. The largest absolute Gasteiger partial charge is 0.491 e. The molecule has 1 aromatic rings. The van der Waals surface area contributed by atoms with Crippen molar-refractivity contribution in [2.75, 3.05) is 20.2 Å². The predicted octanol–water partition coefficient (Wildman–Crippen LogP) is 1.39. The lowest BCUT2D eigenvalue weighted by molar-refractivity contribution is 0.289. The summed E-state index contributed by atoms with van der Waals surface area (Å²) < 4.78 is 5.64. The number of hydrogen-bond acceptors (Lipinski definition) is 2. The van der Waals surface area contributed by atoms with Crippen molar-refractivity contribution in [3.05, 3.63) is 29.8 Å². The quantitative estimate of drug-likeness (QED) is 0.670. The minimum Gasteiger partial charge on any atom is -0.491 e. The number of hydrogen-bond donors (Lipinski definition) is 1. The normalized spacial score (nSPS) is 14.9. The number of fused-ring (bicyclic) bond motifs is 1. The molecule has 0 aromatic heterocycles.